The van der Waals surface area contributed by atoms with Crippen LogP contribution < -0.4 is 5.73 Å². The monoisotopic (exact) mass is 329 g/mol. The minimum atomic E-state index is -0.808. The lowest BCUT2D eigenvalue weighted by Crippen LogP contribution is -2.25. The van der Waals surface area contributed by atoms with Crippen molar-refractivity contribution in [3.8, 4) is 0 Å². The highest BCUT2D eigenvalue weighted by atomic mass is 79.9. The standard InChI is InChI=1S/C8H14Br2N2O2/c1-2-3-4-5-6-12(7(9)10)14-8(11)13/h2-6H2,1H3,(H-,11,13)/p+1. The van der Waals surface area contributed by atoms with Crippen LogP contribution in [-0.4, -0.2) is 20.9 Å². The highest BCUT2D eigenvalue weighted by Gasteiger charge is 2.14. The topological polar surface area (TPSA) is 55.3 Å². The minimum absolute atomic E-state index is 0.570. The van der Waals surface area contributed by atoms with Crippen molar-refractivity contribution in [2.75, 3.05) is 6.54 Å². The van der Waals surface area contributed by atoms with Gasteiger partial charge in [0.15, 0.2) is 6.54 Å². The number of primary amides is 1. The number of carbonyl (C=O) groups excluding carboxylic acids is 1. The molecule has 6 heteroatoms. The van der Waals surface area contributed by atoms with E-state index >= 15 is 0 Å². The Morgan fingerprint density at radius 1 is 1.36 bits per heavy atom. The first kappa shape index (κ1) is 13.9. The van der Waals surface area contributed by atoms with Crippen molar-refractivity contribution in [1.29, 1.82) is 0 Å². The fraction of sp³-hybridized carbons (Fsp3) is 0.750. The second-order valence-electron chi connectivity index (χ2n) is 2.81. The number of unbranched alkanes of at least 4 members (excludes halogenated alkanes) is 3. The second-order valence-corrected chi connectivity index (χ2v) is 5.38. The molecule has 0 aliphatic rings. The molecule has 0 heterocycles. The molecule has 0 saturated carbocycles. The van der Waals surface area contributed by atoms with Gasteiger partial charge in [-0.25, -0.2) is 4.79 Å². The van der Waals surface area contributed by atoms with Gasteiger partial charge in [-0.05, 0) is 6.42 Å². The van der Waals surface area contributed by atoms with Crippen LogP contribution in [0.3, 0.4) is 0 Å². The van der Waals surface area contributed by atoms with E-state index in [-0.39, 0.29) is 0 Å². The van der Waals surface area contributed by atoms with Crippen LogP contribution in [-0.2, 0) is 4.84 Å². The molecule has 0 unspecified atom stereocenters. The van der Waals surface area contributed by atoms with Crippen LogP contribution in [0.1, 0.15) is 32.6 Å². The number of hydroxylamine groups is 1. The molecule has 0 aliphatic carbocycles. The highest BCUT2D eigenvalue weighted by molar-refractivity contribution is 9.39. The predicted molar refractivity (Wildman–Crippen MR) is 62.8 cm³/mol. The number of halogens is 2. The zero-order valence-electron chi connectivity index (χ0n) is 8.13. The van der Waals surface area contributed by atoms with Crippen molar-refractivity contribution in [2.24, 2.45) is 5.73 Å². The summed E-state index contributed by atoms with van der Waals surface area (Å²) in [6, 6.07) is 0. The van der Waals surface area contributed by atoms with Crippen LogP contribution in [0, 0.1) is 0 Å². The molecule has 0 bridgehead atoms. The van der Waals surface area contributed by atoms with Gasteiger partial charge >= 0.3 is 9.62 Å². The van der Waals surface area contributed by atoms with Crippen LogP contribution >= 0.6 is 31.9 Å². The molecule has 82 valence electrons. The van der Waals surface area contributed by atoms with Crippen molar-refractivity contribution >= 4 is 41.5 Å². The summed E-state index contributed by atoms with van der Waals surface area (Å²) in [5.74, 6) is 0. The molecule has 0 aromatic rings. The third-order valence-electron chi connectivity index (χ3n) is 1.60. The summed E-state index contributed by atoms with van der Waals surface area (Å²) < 4.78 is 1.96. The molecule has 0 aromatic heterocycles. The highest BCUT2D eigenvalue weighted by Crippen LogP contribution is 2.04. The minimum Gasteiger partial charge on any atom is -0.330 e. The predicted octanol–water partition coefficient (Wildman–Crippen LogP) is 2.74. The molecule has 0 aromatic carbocycles. The number of hydrogen-bond acceptors (Lipinski definition) is 2. The van der Waals surface area contributed by atoms with Crippen LogP contribution in [0.2, 0.25) is 0 Å². The Balaban J connectivity index is 3.88. The second kappa shape index (κ2) is 8.23. The summed E-state index contributed by atoms with van der Waals surface area (Å²) in [5, 5.41) is 0. The molecule has 0 fully saturated rings. The van der Waals surface area contributed by atoms with Gasteiger partial charge in [0.1, 0.15) is 0 Å². The number of carbonyl (C=O) groups is 1. The molecular weight excluding hydrogens is 316 g/mol. The van der Waals surface area contributed by atoms with E-state index in [2.05, 4.69) is 38.8 Å². The number of rotatable bonds is 6. The summed E-state index contributed by atoms with van der Waals surface area (Å²) in [7, 11) is 0. The lowest BCUT2D eigenvalue weighted by atomic mass is 10.2. The Kier molecular flexibility index (Phi) is 8.17. The Hall–Kier alpha value is -0.100. The summed E-state index contributed by atoms with van der Waals surface area (Å²) in [4.78, 5) is 15.2. The molecule has 0 saturated heterocycles. The molecule has 4 nitrogen and oxygen atoms in total. The fourth-order valence-electron chi connectivity index (χ4n) is 0.955. The lowest BCUT2D eigenvalue weighted by Gasteiger charge is -1.99. The summed E-state index contributed by atoms with van der Waals surface area (Å²) in [6.45, 7) is 2.78. The van der Waals surface area contributed by atoms with Crippen LogP contribution in [0.4, 0.5) is 4.79 Å². The maximum Gasteiger partial charge on any atom is 0.472 e. The van der Waals surface area contributed by atoms with Gasteiger partial charge in [0.2, 0.25) is 0 Å². The lowest BCUT2D eigenvalue weighted by molar-refractivity contribution is -0.755. The van der Waals surface area contributed by atoms with Gasteiger partial charge in [0.25, 0.3) is 0 Å². The molecule has 0 rings (SSSR count). The SMILES string of the molecule is CCCCCC[N+](OC(N)=O)=C(Br)Br. The van der Waals surface area contributed by atoms with Crippen LogP contribution in [0.15, 0.2) is 0 Å². The Bertz CT molecular complexity index is 215. The average molecular weight is 331 g/mol. The first-order chi connectivity index (χ1) is 6.57. The van der Waals surface area contributed by atoms with Gasteiger partial charge in [0, 0.05) is 43.0 Å². The molecule has 0 atom stereocenters. The van der Waals surface area contributed by atoms with Gasteiger partial charge in [-0.2, -0.15) is 4.84 Å². The van der Waals surface area contributed by atoms with E-state index in [9.17, 15) is 4.79 Å². The van der Waals surface area contributed by atoms with E-state index in [0.29, 0.717) is 10.1 Å². The summed E-state index contributed by atoms with van der Waals surface area (Å²) in [5.41, 5.74) is 4.90. The van der Waals surface area contributed by atoms with E-state index < -0.39 is 6.09 Å². The van der Waals surface area contributed by atoms with E-state index in [4.69, 9.17) is 10.6 Å². The molecule has 2 N–H and O–H groups in total. The number of nitrogens with zero attached hydrogens (tertiary/aromatic N) is 1. The first-order valence-corrected chi connectivity index (χ1v) is 6.09. The number of nitrogens with two attached hydrogens (primary N) is 1. The van der Waals surface area contributed by atoms with Crippen LogP contribution in [0.5, 0.6) is 0 Å². The van der Waals surface area contributed by atoms with E-state index in [1.165, 1.54) is 17.6 Å². The molecule has 14 heavy (non-hydrogen) atoms. The third kappa shape index (κ3) is 7.32. The zero-order chi connectivity index (χ0) is 11.0. The summed E-state index contributed by atoms with van der Waals surface area (Å²) >= 11 is 6.33. The Labute approximate surface area is 101 Å². The largest absolute Gasteiger partial charge is 0.472 e. The quantitative estimate of drug-likeness (QED) is 0.268. The maximum absolute atomic E-state index is 10.5. The summed E-state index contributed by atoms with van der Waals surface area (Å²) in [6.07, 6.45) is 3.63. The van der Waals surface area contributed by atoms with Gasteiger partial charge < -0.3 is 5.73 Å². The molecule has 1 amide bonds. The Morgan fingerprint density at radius 3 is 2.43 bits per heavy atom. The van der Waals surface area contributed by atoms with E-state index in [1.807, 2.05) is 0 Å². The maximum atomic E-state index is 10.5. The van der Waals surface area contributed by atoms with Crippen molar-refractivity contribution < 1.29 is 14.4 Å². The van der Waals surface area contributed by atoms with Gasteiger partial charge in [0.05, 0.1) is 0 Å². The van der Waals surface area contributed by atoms with Crippen molar-refractivity contribution in [3.63, 3.8) is 0 Å². The Morgan fingerprint density at radius 2 is 2.00 bits per heavy atom. The van der Waals surface area contributed by atoms with E-state index in [0.717, 1.165) is 12.8 Å². The molecule has 0 aliphatic heterocycles. The molecule has 0 spiro atoms. The molecular formula is C8H15Br2N2O2+. The zero-order valence-corrected chi connectivity index (χ0v) is 11.3. The average Bonchev–Trinajstić information content (AvgIpc) is 2.09. The van der Waals surface area contributed by atoms with E-state index in [1.54, 1.807) is 0 Å². The third-order valence-corrected chi connectivity index (χ3v) is 2.39. The van der Waals surface area contributed by atoms with Gasteiger partial charge in [-0.1, -0.05) is 19.8 Å². The van der Waals surface area contributed by atoms with Crippen molar-refractivity contribution in [1.82, 2.24) is 0 Å². The van der Waals surface area contributed by atoms with Gasteiger partial charge in [-0.15, -0.1) is 0 Å². The fourth-order valence-corrected chi connectivity index (χ4v) is 1.45. The van der Waals surface area contributed by atoms with Gasteiger partial charge in [-0.3, -0.25) is 0 Å². The normalized spacial score (nSPS) is 9.64. The number of amides is 1. The van der Waals surface area contributed by atoms with Crippen molar-refractivity contribution in [3.05, 3.63) is 0 Å². The van der Waals surface area contributed by atoms with Crippen LogP contribution in [0.25, 0.3) is 0 Å². The van der Waals surface area contributed by atoms with Crippen molar-refractivity contribution in [2.45, 2.75) is 32.6 Å². The number of hydrogen-bond donors (Lipinski definition) is 1. The molecule has 0 radical (unpaired) electrons. The first-order valence-electron chi connectivity index (χ1n) is 4.50. The smallest absolute Gasteiger partial charge is 0.330 e.